The van der Waals surface area contributed by atoms with Crippen LogP contribution in [0.4, 0.5) is 8.78 Å². The predicted molar refractivity (Wildman–Crippen MR) is 61.7 cm³/mol. The minimum absolute atomic E-state index is 0.0643. The standard InChI is InChI=1S/C13H17F2NO/c1-8-5-9(2)17-13(7-16-8)11-4-3-10(14)6-12(11)15/h3-4,6,8-9,13,16H,5,7H2,1-2H3. The Labute approximate surface area is 100.0 Å². The second-order valence-corrected chi connectivity index (χ2v) is 4.65. The van der Waals surface area contributed by atoms with Crippen molar-refractivity contribution in [1.29, 1.82) is 0 Å². The highest BCUT2D eigenvalue weighted by Crippen LogP contribution is 2.25. The van der Waals surface area contributed by atoms with Crippen molar-refractivity contribution in [2.45, 2.75) is 38.5 Å². The van der Waals surface area contributed by atoms with Gasteiger partial charge in [0.1, 0.15) is 11.6 Å². The largest absolute Gasteiger partial charge is 0.369 e. The molecule has 0 bridgehead atoms. The molecular weight excluding hydrogens is 224 g/mol. The molecular formula is C13H17F2NO. The molecule has 0 saturated carbocycles. The van der Waals surface area contributed by atoms with E-state index in [1.165, 1.54) is 12.1 Å². The van der Waals surface area contributed by atoms with E-state index in [0.717, 1.165) is 12.5 Å². The maximum absolute atomic E-state index is 13.6. The monoisotopic (exact) mass is 241 g/mol. The van der Waals surface area contributed by atoms with Crippen molar-refractivity contribution in [1.82, 2.24) is 5.32 Å². The Morgan fingerprint density at radius 2 is 2.06 bits per heavy atom. The topological polar surface area (TPSA) is 21.3 Å². The van der Waals surface area contributed by atoms with Gasteiger partial charge in [0.15, 0.2) is 0 Å². The molecule has 3 unspecified atom stereocenters. The zero-order chi connectivity index (χ0) is 12.4. The lowest BCUT2D eigenvalue weighted by Crippen LogP contribution is -2.28. The zero-order valence-corrected chi connectivity index (χ0v) is 10.0. The maximum Gasteiger partial charge on any atom is 0.131 e. The molecule has 17 heavy (non-hydrogen) atoms. The molecule has 4 heteroatoms. The Bertz CT molecular complexity index is 397. The molecule has 1 aromatic rings. The van der Waals surface area contributed by atoms with Crippen LogP contribution in [0.3, 0.4) is 0 Å². The summed E-state index contributed by atoms with van der Waals surface area (Å²) in [5, 5.41) is 3.28. The number of hydrogen-bond donors (Lipinski definition) is 1. The summed E-state index contributed by atoms with van der Waals surface area (Å²) in [5.41, 5.74) is 0.417. The molecule has 0 amide bonds. The van der Waals surface area contributed by atoms with Gasteiger partial charge in [-0.25, -0.2) is 8.78 Å². The molecule has 94 valence electrons. The van der Waals surface area contributed by atoms with Crippen molar-refractivity contribution in [2.24, 2.45) is 0 Å². The summed E-state index contributed by atoms with van der Waals surface area (Å²) in [7, 11) is 0. The van der Waals surface area contributed by atoms with E-state index in [2.05, 4.69) is 12.2 Å². The van der Waals surface area contributed by atoms with Crippen molar-refractivity contribution in [3.63, 3.8) is 0 Å². The Morgan fingerprint density at radius 3 is 2.76 bits per heavy atom. The summed E-state index contributed by atoms with van der Waals surface area (Å²) in [6, 6.07) is 3.97. The molecule has 1 saturated heterocycles. The summed E-state index contributed by atoms with van der Waals surface area (Å²) in [6.45, 7) is 4.59. The molecule has 1 N–H and O–H groups in total. The van der Waals surface area contributed by atoms with E-state index in [0.29, 0.717) is 18.2 Å². The molecule has 1 fully saturated rings. The molecule has 1 heterocycles. The van der Waals surface area contributed by atoms with Gasteiger partial charge in [0.2, 0.25) is 0 Å². The number of halogens is 2. The minimum atomic E-state index is -0.561. The third-order valence-electron chi connectivity index (χ3n) is 3.04. The summed E-state index contributed by atoms with van der Waals surface area (Å²) >= 11 is 0. The molecule has 0 radical (unpaired) electrons. The van der Waals surface area contributed by atoms with Crippen LogP contribution in [0.25, 0.3) is 0 Å². The average molecular weight is 241 g/mol. The molecule has 2 rings (SSSR count). The van der Waals surface area contributed by atoms with Crippen LogP contribution in [-0.4, -0.2) is 18.7 Å². The van der Waals surface area contributed by atoms with Gasteiger partial charge in [0.25, 0.3) is 0 Å². The van der Waals surface area contributed by atoms with E-state index in [1.54, 1.807) is 0 Å². The summed E-state index contributed by atoms with van der Waals surface area (Å²) < 4.78 is 32.2. The molecule has 1 aromatic carbocycles. The molecule has 1 aliphatic heterocycles. The first-order chi connectivity index (χ1) is 8.06. The van der Waals surface area contributed by atoms with Crippen molar-refractivity contribution in [2.75, 3.05) is 6.54 Å². The predicted octanol–water partition coefficient (Wildman–Crippen LogP) is 2.79. The molecule has 0 aromatic heterocycles. The molecule has 3 atom stereocenters. The lowest BCUT2D eigenvalue weighted by molar-refractivity contribution is 0.00535. The number of benzene rings is 1. The third kappa shape index (κ3) is 3.01. The first-order valence-electron chi connectivity index (χ1n) is 5.90. The summed E-state index contributed by atoms with van der Waals surface area (Å²) in [6.07, 6.45) is 0.601. The smallest absolute Gasteiger partial charge is 0.131 e. The van der Waals surface area contributed by atoms with E-state index in [9.17, 15) is 8.78 Å². The van der Waals surface area contributed by atoms with Crippen LogP contribution in [-0.2, 0) is 4.74 Å². The Balaban J connectivity index is 2.20. The van der Waals surface area contributed by atoms with Crippen LogP contribution < -0.4 is 5.32 Å². The SMILES string of the molecule is CC1CC(C)OC(c2ccc(F)cc2F)CN1. The van der Waals surface area contributed by atoms with Crippen LogP contribution >= 0.6 is 0 Å². The molecule has 0 aliphatic carbocycles. The minimum Gasteiger partial charge on any atom is -0.369 e. The van der Waals surface area contributed by atoms with Gasteiger partial charge in [-0.15, -0.1) is 0 Å². The van der Waals surface area contributed by atoms with E-state index < -0.39 is 11.6 Å². The van der Waals surface area contributed by atoms with Crippen LogP contribution in [0, 0.1) is 11.6 Å². The van der Waals surface area contributed by atoms with Crippen molar-refractivity contribution < 1.29 is 13.5 Å². The van der Waals surface area contributed by atoms with Gasteiger partial charge < -0.3 is 10.1 Å². The summed E-state index contributed by atoms with van der Waals surface area (Å²) in [4.78, 5) is 0. The Hall–Kier alpha value is -1.00. The number of ether oxygens (including phenoxy) is 1. The summed E-state index contributed by atoms with van der Waals surface area (Å²) in [5.74, 6) is -1.10. The van der Waals surface area contributed by atoms with Gasteiger partial charge in [-0.05, 0) is 26.3 Å². The normalized spacial score (nSPS) is 30.0. The highest BCUT2D eigenvalue weighted by Gasteiger charge is 2.24. The van der Waals surface area contributed by atoms with Gasteiger partial charge >= 0.3 is 0 Å². The fraction of sp³-hybridized carbons (Fsp3) is 0.538. The number of rotatable bonds is 1. The van der Waals surface area contributed by atoms with Gasteiger partial charge in [-0.1, -0.05) is 6.07 Å². The highest BCUT2D eigenvalue weighted by atomic mass is 19.1. The average Bonchev–Trinajstić information content (AvgIpc) is 2.39. The first kappa shape index (κ1) is 12.5. The molecule has 1 aliphatic rings. The van der Waals surface area contributed by atoms with Crippen molar-refractivity contribution >= 4 is 0 Å². The fourth-order valence-electron chi connectivity index (χ4n) is 2.22. The maximum atomic E-state index is 13.6. The first-order valence-corrected chi connectivity index (χ1v) is 5.90. The van der Waals surface area contributed by atoms with Crippen LogP contribution in [0.5, 0.6) is 0 Å². The van der Waals surface area contributed by atoms with Gasteiger partial charge in [0, 0.05) is 24.2 Å². The van der Waals surface area contributed by atoms with Crippen molar-refractivity contribution in [3.05, 3.63) is 35.4 Å². The van der Waals surface area contributed by atoms with Crippen molar-refractivity contribution in [3.8, 4) is 0 Å². The fourth-order valence-corrected chi connectivity index (χ4v) is 2.22. The number of nitrogens with one attached hydrogen (secondary N) is 1. The van der Waals surface area contributed by atoms with E-state index in [4.69, 9.17) is 4.74 Å². The molecule has 0 spiro atoms. The van der Waals surface area contributed by atoms with Gasteiger partial charge in [-0.2, -0.15) is 0 Å². The van der Waals surface area contributed by atoms with Gasteiger partial charge in [0.05, 0.1) is 12.2 Å². The zero-order valence-electron chi connectivity index (χ0n) is 10.0. The quantitative estimate of drug-likeness (QED) is 0.816. The molecule has 2 nitrogen and oxygen atoms in total. The van der Waals surface area contributed by atoms with Crippen LogP contribution in [0.15, 0.2) is 18.2 Å². The third-order valence-corrected chi connectivity index (χ3v) is 3.04. The highest BCUT2D eigenvalue weighted by molar-refractivity contribution is 5.21. The van der Waals surface area contributed by atoms with Crippen LogP contribution in [0.1, 0.15) is 31.9 Å². The Kier molecular flexibility index (Phi) is 3.74. The number of hydrogen-bond acceptors (Lipinski definition) is 2. The lowest BCUT2D eigenvalue weighted by Gasteiger charge is -2.19. The van der Waals surface area contributed by atoms with E-state index in [1.807, 2.05) is 6.92 Å². The second kappa shape index (κ2) is 5.10. The van der Waals surface area contributed by atoms with E-state index >= 15 is 0 Å². The van der Waals surface area contributed by atoms with Gasteiger partial charge in [-0.3, -0.25) is 0 Å². The Morgan fingerprint density at radius 1 is 1.29 bits per heavy atom. The lowest BCUT2D eigenvalue weighted by atomic mass is 10.1. The van der Waals surface area contributed by atoms with Crippen LogP contribution in [0.2, 0.25) is 0 Å². The second-order valence-electron chi connectivity index (χ2n) is 4.65. The van der Waals surface area contributed by atoms with E-state index in [-0.39, 0.29) is 12.2 Å².